The number of phosphoric ester groups is 1. The molecule has 0 aliphatic rings. The summed E-state index contributed by atoms with van der Waals surface area (Å²) >= 11 is 0. The number of benzene rings is 6. The number of rotatable bonds is 28. The van der Waals surface area contributed by atoms with Crippen LogP contribution >= 0.6 is 7.82 Å². The molecule has 7 rings (SSSR count). The molecule has 3 amide bonds. The minimum Gasteiger partial charge on any atom is -0.496 e. The SMILES string of the molecule is COc1cc(Nc2cc(Oc3ccc(NC(=O)Nc4cc(C(C)(C)C)cc(NS(C)(=O)=O)c4OC)c4ccccc34)ccn2)cc(OC)c1C(=O)NCCOCCOCCOP(=O)(OCc1ccccc1)OCc1ccccc1. The lowest BCUT2D eigenvalue weighted by atomic mass is 9.86. The minimum absolute atomic E-state index is 0.0444. The Balaban J connectivity index is 0.901. The number of hydrogen-bond donors (Lipinski definition) is 5. The van der Waals surface area contributed by atoms with Crippen molar-refractivity contribution in [2.24, 2.45) is 0 Å². The number of carbonyl (C=O) groups is 2. The third-order valence-corrected chi connectivity index (χ3v) is 13.6. The third-order valence-electron chi connectivity index (χ3n) is 11.6. The topological polar surface area (TPSA) is 241 Å². The molecule has 0 atom stereocenters. The highest BCUT2D eigenvalue weighted by atomic mass is 32.2. The van der Waals surface area contributed by atoms with Crippen LogP contribution in [0, 0.1) is 0 Å². The zero-order valence-electron chi connectivity index (χ0n) is 45.0. The molecule has 22 heteroatoms. The number of sulfonamides is 1. The van der Waals surface area contributed by atoms with Crippen molar-refractivity contribution in [3.8, 4) is 28.7 Å². The van der Waals surface area contributed by atoms with Crippen LogP contribution in [0.3, 0.4) is 0 Å². The molecule has 0 aliphatic heterocycles. The standard InChI is InChI=1S/C57H65N6O14PS/c1-57(2,3)41-32-47(54(71-6)48(33-41)63-79(7,67)68)62-56(65)61-46-22-23-49(45-21-15-14-20-44(45)46)77-43-24-25-58-52(36-43)60-42-34-50(69-4)53(51(35-42)70-5)55(64)59-26-27-72-28-29-73-30-31-74-78(66,75-37-39-16-10-8-11-17-39)76-38-40-18-12-9-13-19-40/h8-25,32-36,63H,26-31,37-38H2,1-7H3,(H,58,60)(H,59,64)(H2,61,62,65). The molecule has 7 aromatic rings. The molecule has 0 unspecified atom stereocenters. The number of anilines is 5. The molecule has 1 heterocycles. The lowest BCUT2D eigenvalue weighted by Gasteiger charge is -2.24. The number of ether oxygens (including phenoxy) is 6. The predicted molar refractivity (Wildman–Crippen MR) is 304 cm³/mol. The summed E-state index contributed by atoms with van der Waals surface area (Å²) in [5.74, 6) is 1.53. The van der Waals surface area contributed by atoms with Gasteiger partial charge in [-0.15, -0.1) is 0 Å². The molecule has 0 radical (unpaired) electrons. The minimum atomic E-state index is -3.93. The smallest absolute Gasteiger partial charge is 0.475 e. The highest BCUT2D eigenvalue weighted by Gasteiger charge is 2.28. The van der Waals surface area contributed by atoms with Gasteiger partial charge in [0.25, 0.3) is 5.91 Å². The Labute approximate surface area is 460 Å². The number of amides is 3. The van der Waals surface area contributed by atoms with Gasteiger partial charge < -0.3 is 49.7 Å². The molecular weight excluding hydrogens is 1060 g/mol. The summed E-state index contributed by atoms with van der Waals surface area (Å²) < 4.78 is 91.9. The average molecular weight is 1120 g/mol. The Morgan fingerprint density at radius 3 is 1.81 bits per heavy atom. The van der Waals surface area contributed by atoms with Gasteiger partial charge in [-0.05, 0) is 52.4 Å². The molecule has 6 aromatic carbocycles. The van der Waals surface area contributed by atoms with Gasteiger partial charge in [-0.2, -0.15) is 0 Å². The summed E-state index contributed by atoms with van der Waals surface area (Å²) in [5, 5.41) is 13.2. The van der Waals surface area contributed by atoms with Gasteiger partial charge in [-0.25, -0.2) is 22.8 Å². The summed E-state index contributed by atoms with van der Waals surface area (Å²) in [7, 11) is -3.32. The van der Waals surface area contributed by atoms with Gasteiger partial charge in [0.1, 0.15) is 34.4 Å². The monoisotopic (exact) mass is 1120 g/mol. The van der Waals surface area contributed by atoms with E-state index in [1.54, 1.807) is 54.7 Å². The Kier molecular flexibility index (Phi) is 20.7. The van der Waals surface area contributed by atoms with Gasteiger partial charge in [0.2, 0.25) is 10.0 Å². The summed E-state index contributed by atoms with van der Waals surface area (Å²) in [5.41, 5.74) is 3.63. The van der Waals surface area contributed by atoms with Gasteiger partial charge >= 0.3 is 13.9 Å². The van der Waals surface area contributed by atoms with Crippen molar-refractivity contribution in [1.29, 1.82) is 0 Å². The third kappa shape index (κ3) is 17.4. The van der Waals surface area contributed by atoms with E-state index >= 15 is 0 Å². The van der Waals surface area contributed by atoms with Gasteiger partial charge in [0.15, 0.2) is 5.75 Å². The van der Waals surface area contributed by atoms with Crippen molar-refractivity contribution in [3.63, 3.8) is 0 Å². The van der Waals surface area contributed by atoms with Crippen molar-refractivity contribution in [1.82, 2.24) is 10.3 Å². The fourth-order valence-corrected chi connectivity index (χ4v) is 9.53. The maximum Gasteiger partial charge on any atom is 0.475 e. The van der Waals surface area contributed by atoms with E-state index in [1.807, 2.05) is 106 Å². The first-order valence-electron chi connectivity index (χ1n) is 25.0. The molecular formula is C57H65N6O14PS. The van der Waals surface area contributed by atoms with Crippen LogP contribution in [0.1, 0.15) is 47.8 Å². The number of methoxy groups -OCH3 is 3. The fourth-order valence-electron chi connectivity index (χ4n) is 7.84. The second-order valence-electron chi connectivity index (χ2n) is 18.6. The molecule has 0 bridgehead atoms. The lowest BCUT2D eigenvalue weighted by Crippen LogP contribution is -2.28. The molecule has 5 N–H and O–H groups in total. The first-order valence-corrected chi connectivity index (χ1v) is 28.3. The molecule has 0 saturated carbocycles. The Morgan fingerprint density at radius 1 is 0.620 bits per heavy atom. The molecule has 0 aliphatic carbocycles. The Hall–Kier alpha value is -7.75. The zero-order chi connectivity index (χ0) is 56.4. The zero-order valence-corrected chi connectivity index (χ0v) is 46.7. The van der Waals surface area contributed by atoms with Crippen LogP contribution in [0.15, 0.2) is 140 Å². The number of nitrogens with one attached hydrogen (secondary N) is 5. The lowest BCUT2D eigenvalue weighted by molar-refractivity contribution is 0.0260. The van der Waals surface area contributed by atoms with Gasteiger partial charge in [0, 0.05) is 47.4 Å². The number of urea groups is 1. The van der Waals surface area contributed by atoms with Gasteiger partial charge in [-0.1, -0.05) is 106 Å². The molecule has 418 valence electrons. The van der Waals surface area contributed by atoms with Crippen LogP contribution in [-0.4, -0.2) is 92.5 Å². The molecule has 0 fully saturated rings. The Morgan fingerprint density at radius 2 is 1.20 bits per heavy atom. The van der Waals surface area contributed by atoms with Crippen LogP contribution in [0.2, 0.25) is 0 Å². The Bertz CT molecular complexity index is 3280. The number of fused-ring (bicyclic) bond motifs is 1. The summed E-state index contributed by atoms with van der Waals surface area (Å²) in [4.78, 5) is 31.6. The summed E-state index contributed by atoms with van der Waals surface area (Å²) in [6.07, 6.45) is 2.62. The first-order chi connectivity index (χ1) is 37.9. The molecule has 1 aromatic heterocycles. The second kappa shape index (κ2) is 27.7. The van der Waals surface area contributed by atoms with E-state index in [-0.39, 0.29) is 87.0 Å². The number of phosphoric acid groups is 1. The van der Waals surface area contributed by atoms with Crippen molar-refractivity contribution in [3.05, 3.63) is 162 Å². The number of carbonyl (C=O) groups excluding carboxylic acids is 2. The van der Waals surface area contributed by atoms with E-state index in [4.69, 9.17) is 42.0 Å². The fraction of sp³-hybridized carbons (Fsp3) is 0.281. The number of aromatic nitrogens is 1. The quantitative estimate of drug-likeness (QED) is 0.0226. The maximum absolute atomic E-state index is 13.6. The normalized spacial score (nSPS) is 11.6. The van der Waals surface area contributed by atoms with E-state index in [0.29, 0.717) is 39.5 Å². The number of pyridine rings is 1. The van der Waals surface area contributed by atoms with E-state index in [0.717, 1.165) is 22.9 Å². The van der Waals surface area contributed by atoms with Crippen LogP contribution in [0.5, 0.6) is 28.7 Å². The maximum atomic E-state index is 13.6. The summed E-state index contributed by atoms with van der Waals surface area (Å²) in [6.45, 7) is 6.86. The number of hydrogen-bond acceptors (Lipinski definition) is 16. The molecule has 20 nitrogen and oxygen atoms in total. The van der Waals surface area contributed by atoms with Gasteiger partial charge in [-0.3, -0.25) is 23.1 Å². The van der Waals surface area contributed by atoms with E-state index in [2.05, 4.69) is 31.0 Å². The molecule has 0 saturated heterocycles. The highest BCUT2D eigenvalue weighted by Crippen LogP contribution is 2.51. The molecule has 0 spiro atoms. The van der Waals surface area contributed by atoms with Crippen molar-refractivity contribution >= 4 is 69.1 Å². The predicted octanol–water partition coefficient (Wildman–Crippen LogP) is 11.4. The van der Waals surface area contributed by atoms with Gasteiger partial charge in [0.05, 0.1) is 90.9 Å². The second-order valence-corrected chi connectivity index (χ2v) is 22.0. The van der Waals surface area contributed by atoms with Crippen molar-refractivity contribution in [2.75, 3.05) is 87.8 Å². The van der Waals surface area contributed by atoms with Crippen molar-refractivity contribution < 1.29 is 64.6 Å². The van der Waals surface area contributed by atoms with Crippen LogP contribution < -0.4 is 44.9 Å². The largest absolute Gasteiger partial charge is 0.496 e. The first kappa shape index (κ1) is 58.9. The number of nitrogens with zero attached hydrogens (tertiary/aromatic N) is 1. The van der Waals surface area contributed by atoms with Crippen LogP contribution in [0.4, 0.5) is 33.4 Å². The van der Waals surface area contributed by atoms with Crippen LogP contribution in [-0.2, 0) is 56.3 Å². The van der Waals surface area contributed by atoms with E-state index in [9.17, 15) is 22.6 Å². The molecule has 79 heavy (non-hydrogen) atoms. The summed E-state index contributed by atoms with van der Waals surface area (Å²) in [6, 6.07) is 39.0. The van der Waals surface area contributed by atoms with Crippen LogP contribution in [0.25, 0.3) is 10.8 Å². The van der Waals surface area contributed by atoms with Crippen molar-refractivity contribution in [2.45, 2.75) is 39.4 Å². The average Bonchev–Trinajstić information content (AvgIpc) is 3.45. The van der Waals surface area contributed by atoms with E-state index in [1.165, 1.54) is 21.3 Å². The van der Waals surface area contributed by atoms with E-state index < -0.39 is 35.2 Å². The highest BCUT2D eigenvalue weighted by molar-refractivity contribution is 7.92.